The highest BCUT2D eigenvalue weighted by Gasteiger charge is 2.16. The summed E-state index contributed by atoms with van der Waals surface area (Å²) in [4.78, 5) is 12.6. The van der Waals surface area contributed by atoms with Crippen molar-refractivity contribution in [2.45, 2.75) is 12.8 Å². The van der Waals surface area contributed by atoms with E-state index in [1.807, 2.05) is 11.4 Å². The molecule has 0 atom stereocenters. The zero-order valence-corrected chi connectivity index (χ0v) is 12.6. The molecule has 0 spiro atoms. The number of hydrogen-bond donors (Lipinski definition) is 2. The van der Waals surface area contributed by atoms with Crippen LogP contribution in [0.3, 0.4) is 0 Å². The fourth-order valence-electron chi connectivity index (χ4n) is 1.86. The van der Waals surface area contributed by atoms with Crippen LogP contribution >= 0.6 is 39.7 Å². The molecule has 0 radical (unpaired) electrons. The largest absolute Gasteiger partial charge is 0.351 e. The molecule has 2 N–H and O–H groups in total. The van der Waals surface area contributed by atoms with Crippen LogP contribution in [0.15, 0.2) is 15.9 Å². The second-order valence-electron chi connectivity index (χ2n) is 4.00. The van der Waals surface area contributed by atoms with E-state index in [1.54, 1.807) is 0 Å². The molecular formula is C11H16BrClN2OS. The van der Waals surface area contributed by atoms with Crippen molar-refractivity contribution in [2.24, 2.45) is 5.92 Å². The number of carbonyl (C=O) groups excluding carboxylic acids is 1. The first-order valence-corrected chi connectivity index (χ1v) is 7.16. The molecule has 0 aliphatic carbocycles. The van der Waals surface area contributed by atoms with Crippen LogP contribution in [0.1, 0.15) is 22.5 Å². The number of nitrogens with one attached hydrogen (secondary N) is 2. The van der Waals surface area contributed by atoms with Gasteiger partial charge in [0, 0.05) is 11.0 Å². The van der Waals surface area contributed by atoms with E-state index in [1.165, 1.54) is 11.3 Å². The van der Waals surface area contributed by atoms with E-state index >= 15 is 0 Å². The Morgan fingerprint density at radius 2 is 2.24 bits per heavy atom. The summed E-state index contributed by atoms with van der Waals surface area (Å²) < 4.78 is 0.889. The first kappa shape index (κ1) is 15.0. The molecule has 1 fully saturated rings. The molecule has 0 aromatic carbocycles. The second kappa shape index (κ2) is 7.36. The highest BCUT2D eigenvalue weighted by molar-refractivity contribution is 9.10. The van der Waals surface area contributed by atoms with E-state index in [-0.39, 0.29) is 18.3 Å². The quantitative estimate of drug-likeness (QED) is 0.889. The van der Waals surface area contributed by atoms with E-state index in [2.05, 4.69) is 26.6 Å². The van der Waals surface area contributed by atoms with Gasteiger partial charge in [0.05, 0.1) is 0 Å². The molecule has 17 heavy (non-hydrogen) atoms. The van der Waals surface area contributed by atoms with Crippen molar-refractivity contribution in [3.8, 4) is 0 Å². The molecule has 1 aliphatic rings. The van der Waals surface area contributed by atoms with Gasteiger partial charge in [0.2, 0.25) is 0 Å². The number of rotatable bonds is 3. The summed E-state index contributed by atoms with van der Waals surface area (Å²) in [5.41, 5.74) is 0. The van der Waals surface area contributed by atoms with Gasteiger partial charge in [-0.05, 0) is 59.2 Å². The molecule has 0 saturated carbocycles. The highest BCUT2D eigenvalue weighted by Crippen LogP contribution is 2.22. The first-order valence-electron chi connectivity index (χ1n) is 5.49. The van der Waals surface area contributed by atoms with Crippen molar-refractivity contribution in [3.63, 3.8) is 0 Å². The van der Waals surface area contributed by atoms with Crippen LogP contribution < -0.4 is 10.6 Å². The summed E-state index contributed by atoms with van der Waals surface area (Å²) in [7, 11) is 0. The number of amides is 1. The van der Waals surface area contributed by atoms with Gasteiger partial charge in [-0.15, -0.1) is 23.7 Å². The van der Waals surface area contributed by atoms with Crippen LogP contribution in [-0.2, 0) is 0 Å². The molecule has 1 aromatic heterocycles. The lowest BCUT2D eigenvalue weighted by molar-refractivity contribution is 0.0947. The first-order chi connectivity index (χ1) is 7.77. The Kier molecular flexibility index (Phi) is 6.48. The van der Waals surface area contributed by atoms with Crippen molar-refractivity contribution < 1.29 is 4.79 Å². The van der Waals surface area contributed by atoms with Crippen LogP contribution in [0.4, 0.5) is 0 Å². The van der Waals surface area contributed by atoms with E-state index in [0.717, 1.165) is 41.8 Å². The second-order valence-corrected chi connectivity index (χ2v) is 5.77. The normalized spacial score (nSPS) is 16.3. The maximum absolute atomic E-state index is 11.8. The van der Waals surface area contributed by atoms with Gasteiger partial charge in [-0.2, -0.15) is 0 Å². The Labute approximate surface area is 120 Å². The molecule has 6 heteroatoms. The minimum absolute atomic E-state index is 0. The van der Waals surface area contributed by atoms with Gasteiger partial charge < -0.3 is 10.6 Å². The Morgan fingerprint density at radius 3 is 2.82 bits per heavy atom. The Hall–Kier alpha value is -0.100. The molecule has 1 aliphatic heterocycles. The molecule has 2 heterocycles. The average Bonchev–Trinajstić information content (AvgIpc) is 2.74. The van der Waals surface area contributed by atoms with Gasteiger partial charge in [-0.25, -0.2) is 0 Å². The summed E-state index contributed by atoms with van der Waals surface area (Å²) in [5, 5.41) is 8.25. The lowest BCUT2D eigenvalue weighted by atomic mass is 9.98. The van der Waals surface area contributed by atoms with Gasteiger partial charge >= 0.3 is 0 Å². The number of hydrogen-bond acceptors (Lipinski definition) is 3. The van der Waals surface area contributed by atoms with E-state index in [9.17, 15) is 4.79 Å². The molecule has 3 nitrogen and oxygen atoms in total. The van der Waals surface area contributed by atoms with Crippen LogP contribution in [-0.4, -0.2) is 25.5 Å². The van der Waals surface area contributed by atoms with Crippen molar-refractivity contribution in [1.29, 1.82) is 0 Å². The fourth-order valence-corrected chi connectivity index (χ4v) is 3.33. The predicted molar refractivity (Wildman–Crippen MR) is 77.2 cm³/mol. The summed E-state index contributed by atoms with van der Waals surface area (Å²) in [6, 6.07) is 1.91. The van der Waals surface area contributed by atoms with Crippen molar-refractivity contribution in [1.82, 2.24) is 10.6 Å². The fraction of sp³-hybridized carbons (Fsp3) is 0.545. The van der Waals surface area contributed by atoms with Gasteiger partial charge in [0.15, 0.2) is 0 Å². The number of carbonyl (C=O) groups is 1. The Morgan fingerprint density at radius 1 is 1.53 bits per heavy atom. The van der Waals surface area contributed by atoms with E-state index < -0.39 is 0 Å². The Bertz CT molecular complexity index is 366. The summed E-state index contributed by atoms with van der Waals surface area (Å²) in [5.74, 6) is 0.671. The SMILES string of the molecule is Cl.O=C(NCC1CCNCC1)c1sccc1Br. The molecule has 96 valence electrons. The minimum Gasteiger partial charge on any atom is -0.351 e. The third-order valence-electron chi connectivity index (χ3n) is 2.83. The highest BCUT2D eigenvalue weighted by atomic mass is 79.9. The number of halogens is 2. The standard InChI is InChI=1S/C11H15BrN2OS.ClH/c12-9-3-6-16-10(9)11(15)14-7-8-1-4-13-5-2-8;/h3,6,8,13H,1-2,4-5,7H2,(H,14,15);1H. The third-order valence-corrected chi connectivity index (χ3v) is 4.67. The van der Waals surface area contributed by atoms with Crippen LogP contribution in [0.5, 0.6) is 0 Å². The third kappa shape index (κ3) is 4.25. The predicted octanol–water partition coefficient (Wildman–Crippen LogP) is 2.66. The van der Waals surface area contributed by atoms with Gasteiger partial charge in [0.25, 0.3) is 5.91 Å². The van der Waals surface area contributed by atoms with Crippen LogP contribution in [0, 0.1) is 5.92 Å². The van der Waals surface area contributed by atoms with E-state index in [0.29, 0.717) is 5.92 Å². The molecule has 0 bridgehead atoms. The van der Waals surface area contributed by atoms with Crippen LogP contribution in [0.2, 0.25) is 0 Å². The zero-order chi connectivity index (χ0) is 11.4. The van der Waals surface area contributed by atoms with E-state index in [4.69, 9.17) is 0 Å². The van der Waals surface area contributed by atoms with Gasteiger partial charge in [-0.3, -0.25) is 4.79 Å². The maximum Gasteiger partial charge on any atom is 0.262 e. The van der Waals surface area contributed by atoms with Crippen molar-refractivity contribution in [3.05, 3.63) is 20.8 Å². The molecule has 1 aromatic rings. The number of piperidine rings is 1. The molecule has 1 amide bonds. The molecule has 1 saturated heterocycles. The number of thiophene rings is 1. The Balaban J connectivity index is 0.00000144. The van der Waals surface area contributed by atoms with Crippen molar-refractivity contribution in [2.75, 3.05) is 19.6 Å². The molecular weight excluding hydrogens is 324 g/mol. The van der Waals surface area contributed by atoms with Crippen LogP contribution in [0.25, 0.3) is 0 Å². The topological polar surface area (TPSA) is 41.1 Å². The smallest absolute Gasteiger partial charge is 0.262 e. The lowest BCUT2D eigenvalue weighted by Crippen LogP contribution is -2.35. The monoisotopic (exact) mass is 338 g/mol. The summed E-state index contributed by atoms with van der Waals surface area (Å²) >= 11 is 4.85. The van der Waals surface area contributed by atoms with Gasteiger partial charge in [-0.1, -0.05) is 0 Å². The minimum atomic E-state index is 0. The summed E-state index contributed by atoms with van der Waals surface area (Å²) in [6.45, 7) is 2.94. The zero-order valence-electron chi connectivity index (χ0n) is 9.37. The summed E-state index contributed by atoms with van der Waals surface area (Å²) in [6.07, 6.45) is 2.32. The van der Waals surface area contributed by atoms with Crippen molar-refractivity contribution >= 4 is 45.6 Å². The average molecular weight is 340 g/mol. The molecule has 0 unspecified atom stereocenters. The lowest BCUT2D eigenvalue weighted by Gasteiger charge is -2.22. The molecule has 2 rings (SSSR count). The van der Waals surface area contributed by atoms with Gasteiger partial charge in [0.1, 0.15) is 4.88 Å². The maximum atomic E-state index is 11.8.